The third kappa shape index (κ3) is 4.33. The van der Waals surface area contributed by atoms with Gasteiger partial charge in [0.2, 0.25) is 5.95 Å². The summed E-state index contributed by atoms with van der Waals surface area (Å²) in [5, 5.41) is 0. The number of carbonyl (C=O) groups excluding carboxylic acids is 1. The molecular formula is C22H28N4O4. The Bertz CT molecular complexity index is 881. The normalized spacial score (nSPS) is 18.3. The number of carbonyl (C=O) groups is 1. The number of ether oxygens (including phenoxy) is 3. The number of benzene rings is 1. The minimum Gasteiger partial charge on any atom is -0.493 e. The summed E-state index contributed by atoms with van der Waals surface area (Å²) in [7, 11) is 1.33. The van der Waals surface area contributed by atoms with Gasteiger partial charge in [0.25, 0.3) is 0 Å². The molecule has 160 valence electrons. The van der Waals surface area contributed by atoms with Crippen LogP contribution in [0.3, 0.4) is 0 Å². The average molecular weight is 412 g/mol. The summed E-state index contributed by atoms with van der Waals surface area (Å²) in [5.41, 5.74) is 2.60. The van der Waals surface area contributed by atoms with Crippen LogP contribution in [0.15, 0.2) is 30.6 Å². The van der Waals surface area contributed by atoms with E-state index in [1.165, 1.54) is 18.2 Å². The standard InChI is InChI=1S/C22H28N4O4/c1-15(18-5-4-17-6-11-29-20(17)12-18)25-7-9-26(10-8-25)22-23-13-19(14-24-22)30-16(2)21(27)28-3/h4-5,12-16H,6-11H2,1-3H3/t15-,16+/m0/s1. The highest BCUT2D eigenvalue weighted by Crippen LogP contribution is 2.31. The Hall–Kier alpha value is -2.87. The lowest BCUT2D eigenvalue weighted by molar-refractivity contribution is -0.147. The number of esters is 1. The van der Waals surface area contributed by atoms with E-state index in [0.29, 0.717) is 17.7 Å². The van der Waals surface area contributed by atoms with E-state index >= 15 is 0 Å². The van der Waals surface area contributed by atoms with Gasteiger partial charge < -0.3 is 19.1 Å². The number of nitrogens with zero attached hydrogens (tertiary/aromatic N) is 4. The summed E-state index contributed by atoms with van der Waals surface area (Å²) in [6.07, 6.45) is 3.51. The highest BCUT2D eigenvalue weighted by atomic mass is 16.6. The Morgan fingerprint density at radius 2 is 1.87 bits per heavy atom. The van der Waals surface area contributed by atoms with Gasteiger partial charge in [-0.2, -0.15) is 0 Å². The van der Waals surface area contributed by atoms with Crippen LogP contribution < -0.4 is 14.4 Å². The maximum Gasteiger partial charge on any atom is 0.346 e. The predicted octanol–water partition coefficient (Wildman–Crippen LogP) is 2.23. The van der Waals surface area contributed by atoms with Crippen LogP contribution in [-0.4, -0.2) is 66.8 Å². The van der Waals surface area contributed by atoms with Crippen LogP contribution in [-0.2, 0) is 16.0 Å². The molecule has 0 unspecified atom stereocenters. The largest absolute Gasteiger partial charge is 0.493 e. The first kappa shape index (κ1) is 20.4. The number of aromatic nitrogens is 2. The quantitative estimate of drug-likeness (QED) is 0.669. The Morgan fingerprint density at radius 1 is 1.13 bits per heavy atom. The van der Waals surface area contributed by atoms with Gasteiger partial charge in [-0.15, -0.1) is 0 Å². The van der Waals surface area contributed by atoms with E-state index in [0.717, 1.165) is 45.0 Å². The Kier molecular flexibility index (Phi) is 6.03. The van der Waals surface area contributed by atoms with Gasteiger partial charge in [-0.3, -0.25) is 4.90 Å². The van der Waals surface area contributed by atoms with Crippen molar-refractivity contribution in [3.8, 4) is 11.5 Å². The maximum atomic E-state index is 11.5. The van der Waals surface area contributed by atoms with Crippen LogP contribution in [0.1, 0.15) is 31.0 Å². The van der Waals surface area contributed by atoms with Crippen LogP contribution in [0.2, 0.25) is 0 Å². The SMILES string of the molecule is COC(=O)[C@@H](C)Oc1cnc(N2CCN([C@@H](C)c3ccc4c(c3)OCC4)CC2)nc1. The minimum absolute atomic E-state index is 0.332. The topological polar surface area (TPSA) is 77.0 Å². The van der Waals surface area contributed by atoms with Gasteiger partial charge in [-0.25, -0.2) is 14.8 Å². The Balaban J connectivity index is 1.32. The molecule has 2 atom stereocenters. The lowest BCUT2D eigenvalue weighted by Crippen LogP contribution is -2.47. The molecule has 0 N–H and O–H groups in total. The van der Waals surface area contributed by atoms with Gasteiger partial charge in [-0.05, 0) is 31.0 Å². The van der Waals surface area contributed by atoms with Crippen molar-refractivity contribution in [3.63, 3.8) is 0 Å². The van der Waals surface area contributed by atoms with E-state index in [1.54, 1.807) is 19.3 Å². The number of anilines is 1. The smallest absolute Gasteiger partial charge is 0.346 e. The lowest BCUT2D eigenvalue weighted by Gasteiger charge is -2.38. The van der Waals surface area contributed by atoms with Gasteiger partial charge in [0.1, 0.15) is 5.75 Å². The second-order valence-electron chi connectivity index (χ2n) is 7.67. The molecule has 8 nitrogen and oxygen atoms in total. The van der Waals surface area contributed by atoms with Gasteiger partial charge >= 0.3 is 5.97 Å². The van der Waals surface area contributed by atoms with Crippen molar-refractivity contribution in [2.75, 3.05) is 44.8 Å². The number of piperazine rings is 1. The van der Waals surface area contributed by atoms with Crippen molar-refractivity contribution in [2.24, 2.45) is 0 Å². The van der Waals surface area contributed by atoms with Crippen molar-refractivity contribution in [3.05, 3.63) is 41.7 Å². The number of hydrogen-bond donors (Lipinski definition) is 0. The molecule has 8 heteroatoms. The van der Waals surface area contributed by atoms with Gasteiger partial charge in [0, 0.05) is 38.6 Å². The number of fused-ring (bicyclic) bond motifs is 1. The zero-order valence-corrected chi connectivity index (χ0v) is 17.7. The van der Waals surface area contributed by atoms with Crippen LogP contribution in [0.25, 0.3) is 0 Å². The molecule has 1 saturated heterocycles. The number of methoxy groups -OCH3 is 1. The lowest BCUT2D eigenvalue weighted by atomic mass is 10.0. The highest BCUT2D eigenvalue weighted by molar-refractivity contribution is 5.74. The van der Waals surface area contributed by atoms with Crippen molar-refractivity contribution >= 4 is 11.9 Å². The van der Waals surface area contributed by atoms with Crippen LogP contribution in [0.5, 0.6) is 11.5 Å². The molecule has 30 heavy (non-hydrogen) atoms. The molecule has 0 bridgehead atoms. The summed E-state index contributed by atoms with van der Waals surface area (Å²) in [5.74, 6) is 1.73. The van der Waals surface area contributed by atoms with Gasteiger partial charge in [0.05, 0.1) is 26.1 Å². The molecule has 0 aliphatic carbocycles. The van der Waals surface area contributed by atoms with Crippen LogP contribution >= 0.6 is 0 Å². The van der Waals surface area contributed by atoms with E-state index in [9.17, 15) is 4.79 Å². The van der Waals surface area contributed by atoms with Crippen molar-refractivity contribution in [1.29, 1.82) is 0 Å². The zero-order chi connectivity index (χ0) is 21.1. The van der Waals surface area contributed by atoms with E-state index in [4.69, 9.17) is 9.47 Å². The minimum atomic E-state index is -0.695. The fraction of sp³-hybridized carbons (Fsp3) is 0.500. The van der Waals surface area contributed by atoms with E-state index < -0.39 is 12.1 Å². The van der Waals surface area contributed by atoms with E-state index in [2.05, 4.69) is 49.6 Å². The summed E-state index contributed by atoms with van der Waals surface area (Å²) in [6, 6.07) is 6.94. The molecular weight excluding hydrogens is 384 g/mol. The highest BCUT2D eigenvalue weighted by Gasteiger charge is 2.25. The average Bonchev–Trinajstić information content (AvgIpc) is 3.26. The fourth-order valence-electron chi connectivity index (χ4n) is 3.91. The molecule has 3 heterocycles. The van der Waals surface area contributed by atoms with E-state index in [-0.39, 0.29) is 0 Å². The summed E-state index contributed by atoms with van der Waals surface area (Å²) >= 11 is 0. The third-order valence-corrected chi connectivity index (χ3v) is 5.81. The van der Waals surface area contributed by atoms with Crippen molar-refractivity contribution in [1.82, 2.24) is 14.9 Å². The number of hydrogen-bond acceptors (Lipinski definition) is 8. The van der Waals surface area contributed by atoms with Crippen LogP contribution in [0, 0.1) is 0 Å². The zero-order valence-electron chi connectivity index (χ0n) is 17.7. The molecule has 4 rings (SSSR count). The van der Waals surface area contributed by atoms with Gasteiger partial charge in [0.15, 0.2) is 11.9 Å². The summed E-state index contributed by atoms with van der Waals surface area (Å²) < 4.78 is 15.9. The monoisotopic (exact) mass is 412 g/mol. The van der Waals surface area contributed by atoms with E-state index in [1.807, 2.05) is 0 Å². The fourth-order valence-corrected chi connectivity index (χ4v) is 3.91. The molecule has 1 aromatic carbocycles. The summed E-state index contributed by atoms with van der Waals surface area (Å²) in [4.78, 5) is 24.9. The summed E-state index contributed by atoms with van der Waals surface area (Å²) in [6.45, 7) is 8.23. The molecule has 2 aliphatic heterocycles. The Labute approximate surface area is 176 Å². The number of rotatable bonds is 6. The molecule has 0 saturated carbocycles. The molecule has 1 aromatic heterocycles. The molecule has 0 radical (unpaired) electrons. The molecule has 2 aromatic rings. The van der Waals surface area contributed by atoms with Gasteiger partial charge in [-0.1, -0.05) is 12.1 Å². The second kappa shape index (κ2) is 8.87. The molecule has 0 amide bonds. The van der Waals surface area contributed by atoms with Crippen molar-refractivity contribution < 1.29 is 19.0 Å². The van der Waals surface area contributed by atoms with Crippen LogP contribution in [0.4, 0.5) is 5.95 Å². The molecule has 1 fully saturated rings. The predicted molar refractivity (Wildman–Crippen MR) is 112 cm³/mol. The molecule has 0 spiro atoms. The first-order chi connectivity index (χ1) is 14.5. The first-order valence-corrected chi connectivity index (χ1v) is 10.4. The first-order valence-electron chi connectivity index (χ1n) is 10.4. The van der Waals surface area contributed by atoms with Crippen molar-refractivity contribution in [2.45, 2.75) is 32.4 Å². The molecule has 2 aliphatic rings. The second-order valence-corrected chi connectivity index (χ2v) is 7.67. The Morgan fingerprint density at radius 3 is 2.57 bits per heavy atom. The third-order valence-electron chi connectivity index (χ3n) is 5.81. The maximum absolute atomic E-state index is 11.5.